The van der Waals surface area contributed by atoms with Crippen LogP contribution in [0.2, 0.25) is 0 Å². The Morgan fingerprint density at radius 2 is 2.11 bits per heavy atom. The molecule has 0 aliphatic carbocycles. The molecule has 0 unspecified atom stereocenters. The number of hydrogen-bond acceptors (Lipinski definition) is 2. The molecule has 0 spiro atoms. The molecule has 2 aromatic rings. The molecule has 0 amide bonds. The Hall–Kier alpha value is -2.10. The van der Waals surface area contributed by atoms with E-state index < -0.39 is 0 Å². The minimum absolute atomic E-state index is 1.12. The molecule has 0 aromatic carbocycles. The van der Waals surface area contributed by atoms with Crippen LogP contribution >= 0.6 is 0 Å². The van der Waals surface area contributed by atoms with Crippen molar-refractivity contribution in [2.75, 3.05) is 28.2 Å². The molecule has 2 heterocycles. The zero-order valence-corrected chi connectivity index (χ0v) is 11.3. The lowest BCUT2D eigenvalue weighted by molar-refractivity contribution is -0.458. The Bertz CT molecular complexity index is 601. The van der Waals surface area contributed by atoms with E-state index in [2.05, 4.69) is 22.1 Å². The van der Waals surface area contributed by atoms with Gasteiger partial charge >= 0.3 is 0 Å². The lowest BCUT2D eigenvalue weighted by Crippen LogP contribution is -2.11. The van der Waals surface area contributed by atoms with E-state index in [1.54, 1.807) is 0 Å². The molecular formula is C14H19N4+. The number of nitrogens with zero attached hydrogens (tertiary/aromatic N) is 4. The zero-order chi connectivity index (χ0) is 13.1. The summed E-state index contributed by atoms with van der Waals surface area (Å²) in [5, 5.41) is 4.37. The van der Waals surface area contributed by atoms with Gasteiger partial charge in [0.2, 0.25) is 0 Å². The summed E-state index contributed by atoms with van der Waals surface area (Å²) >= 11 is 0. The van der Waals surface area contributed by atoms with Crippen LogP contribution in [0, 0.1) is 0 Å². The number of fused-ring (bicyclic) bond motifs is 1. The van der Waals surface area contributed by atoms with Crippen molar-refractivity contribution in [3.05, 3.63) is 42.2 Å². The van der Waals surface area contributed by atoms with Gasteiger partial charge in [0.05, 0.1) is 17.4 Å². The Kier molecular flexibility index (Phi) is 3.46. The Morgan fingerprint density at radius 3 is 2.78 bits per heavy atom. The molecule has 2 aromatic heterocycles. The number of allylic oxidation sites excluding steroid dienone is 1. The van der Waals surface area contributed by atoms with Crippen molar-refractivity contribution in [1.29, 1.82) is 0 Å². The lowest BCUT2D eigenvalue weighted by Gasteiger charge is -2.15. The van der Waals surface area contributed by atoms with Gasteiger partial charge in [-0.2, -0.15) is 5.10 Å². The van der Waals surface area contributed by atoms with E-state index in [0.29, 0.717) is 0 Å². The summed E-state index contributed by atoms with van der Waals surface area (Å²) in [6.45, 7) is 0. The predicted molar refractivity (Wildman–Crippen MR) is 75.0 cm³/mol. The molecule has 0 bridgehead atoms. The van der Waals surface area contributed by atoms with Crippen molar-refractivity contribution >= 4 is 17.4 Å². The molecule has 0 radical (unpaired) electrons. The molecule has 4 heteroatoms. The van der Waals surface area contributed by atoms with Crippen molar-refractivity contribution in [3.63, 3.8) is 0 Å². The molecule has 0 aliphatic rings. The maximum atomic E-state index is 4.37. The Morgan fingerprint density at radius 1 is 1.33 bits per heavy atom. The van der Waals surface area contributed by atoms with Gasteiger partial charge in [0.25, 0.3) is 0 Å². The summed E-state index contributed by atoms with van der Waals surface area (Å²) in [7, 11) is 8.11. The van der Waals surface area contributed by atoms with Crippen molar-refractivity contribution in [2.45, 2.75) is 0 Å². The van der Waals surface area contributed by atoms with Gasteiger partial charge in [0.1, 0.15) is 14.1 Å². The number of rotatable bonds is 3. The maximum Gasteiger partial charge on any atom is 0.164 e. The van der Waals surface area contributed by atoms with E-state index in [4.69, 9.17) is 0 Å². The molecule has 0 atom stereocenters. The summed E-state index contributed by atoms with van der Waals surface area (Å²) in [4.78, 5) is 2.10. The van der Waals surface area contributed by atoms with Crippen LogP contribution < -0.4 is 0 Å². The van der Waals surface area contributed by atoms with Gasteiger partial charge in [0.15, 0.2) is 6.21 Å². The third-order valence-corrected chi connectivity index (χ3v) is 2.71. The molecule has 4 nitrogen and oxygen atoms in total. The first-order valence-corrected chi connectivity index (χ1v) is 5.91. The topological polar surface area (TPSA) is 23.6 Å². The quantitative estimate of drug-likeness (QED) is 0.603. The van der Waals surface area contributed by atoms with Crippen LogP contribution in [0.15, 0.2) is 36.7 Å². The fourth-order valence-electron chi connectivity index (χ4n) is 1.83. The summed E-state index contributed by atoms with van der Waals surface area (Å²) in [5.74, 6) is 0. The minimum Gasteiger partial charge on any atom is -0.377 e. The molecule has 0 saturated heterocycles. The van der Waals surface area contributed by atoms with Gasteiger partial charge in [-0.25, -0.2) is 9.09 Å². The molecule has 0 N–H and O–H groups in total. The minimum atomic E-state index is 1.12. The Balaban J connectivity index is 2.56. The van der Waals surface area contributed by atoms with Gasteiger partial charge < -0.3 is 4.90 Å². The van der Waals surface area contributed by atoms with Crippen LogP contribution in [0.5, 0.6) is 0 Å². The van der Waals surface area contributed by atoms with Crippen molar-refractivity contribution < 1.29 is 4.58 Å². The summed E-state index contributed by atoms with van der Waals surface area (Å²) in [6.07, 6.45) is 8.01. The van der Waals surface area contributed by atoms with Crippen LogP contribution in [0.25, 0.3) is 11.2 Å². The second-order valence-corrected chi connectivity index (χ2v) is 4.65. The third-order valence-electron chi connectivity index (χ3n) is 2.71. The first kappa shape index (κ1) is 12.4. The highest BCUT2D eigenvalue weighted by atomic mass is 15.2. The summed E-state index contributed by atoms with van der Waals surface area (Å²) in [6, 6.07) is 6.09. The second kappa shape index (κ2) is 5.04. The SMILES string of the molecule is CN(C)/C(=C\C=[N+](C)C)c1cnn2ccccc12. The van der Waals surface area contributed by atoms with E-state index in [1.165, 1.54) is 0 Å². The standard InChI is InChI=1S/C14H19N4/c1-16(2)10-8-13(17(3)4)12-11-15-18-9-6-5-7-14(12)18/h5-11H,1-4H3/q+1. The van der Waals surface area contributed by atoms with Gasteiger partial charge in [0, 0.05) is 31.9 Å². The number of hydrogen-bond donors (Lipinski definition) is 0. The van der Waals surface area contributed by atoms with Gasteiger partial charge in [-0.3, -0.25) is 0 Å². The van der Waals surface area contributed by atoms with E-state index in [0.717, 1.165) is 16.8 Å². The van der Waals surface area contributed by atoms with Gasteiger partial charge in [-0.1, -0.05) is 6.07 Å². The first-order valence-electron chi connectivity index (χ1n) is 5.91. The fourth-order valence-corrected chi connectivity index (χ4v) is 1.83. The average molecular weight is 243 g/mol. The highest BCUT2D eigenvalue weighted by molar-refractivity contribution is 5.86. The maximum absolute atomic E-state index is 4.37. The average Bonchev–Trinajstić information content (AvgIpc) is 2.73. The highest BCUT2D eigenvalue weighted by Gasteiger charge is 2.10. The summed E-state index contributed by atoms with van der Waals surface area (Å²) in [5.41, 5.74) is 3.40. The Labute approximate surface area is 107 Å². The second-order valence-electron chi connectivity index (χ2n) is 4.65. The van der Waals surface area contributed by atoms with Crippen LogP contribution in [-0.4, -0.2) is 53.5 Å². The largest absolute Gasteiger partial charge is 0.377 e. The molecule has 0 fully saturated rings. The monoisotopic (exact) mass is 243 g/mol. The van der Waals surface area contributed by atoms with Crippen molar-refractivity contribution in [3.8, 4) is 0 Å². The zero-order valence-electron chi connectivity index (χ0n) is 11.3. The highest BCUT2D eigenvalue weighted by Crippen LogP contribution is 2.21. The van der Waals surface area contributed by atoms with Crippen LogP contribution in [0.1, 0.15) is 5.56 Å². The lowest BCUT2D eigenvalue weighted by atomic mass is 10.2. The number of pyridine rings is 1. The van der Waals surface area contributed by atoms with E-state index >= 15 is 0 Å². The molecule has 2 rings (SSSR count). The van der Waals surface area contributed by atoms with Crippen LogP contribution in [0.4, 0.5) is 0 Å². The fraction of sp³-hybridized carbons (Fsp3) is 0.286. The molecular weight excluding hydrogens is 224 g/mol. The number of aromatic nitrogens is 2. The van der Waals surface area contributed by atoms with Crippen molar-refractivity contribution in [1.82, 2.24) is 14.5 Å². The van der Waals surface area contributed by atoms with Crippen molar-refractivity contribution in [2.24, 2.45) is 0 Å². The third kappa shape index (κ3) is 2.42. The smallest absolute Gasteiger partial charge is 0.164 e. The molecule has 18 heavy (non-hydrogen) atoms. The van der Waals surface area contributed by atoms with E-state index in [9.17, 15) is 0 Å². The van der Waals surface area contributed by atoms with Gasteiger partial charge in [-0.15, -0.1) is 0 Å². The van der Waals surface area contributed by atoms with Crippen LogP contribution in [0.3, 0.4) is 0 Å². The summed E-state index contributed by atoms with van der Waals surface area (Å²) < 4.78 is 3.91. The molecule has 0 saturated carbocycles. The van der Waals surface area contributed by atoms with E-state index in [-0.39, 0.29) is 0 Å². The molecule has 0 aliphatic heterocycles. The predicted octanol–water partition coefficient (Wildman–Crippen LogP) is 1.58. The molecule has 94 valence electrons. The van der Waals surface area contributed by atoms with Crippen LogP contribution in [-0.2, 0) is 0 Å². The van der Waals surface area contributed by atoms with E-state index in [1.807, 2.05) is 68.0 Å². The van der Waals surface area contributed by atoms with Gasteiger partial charge in [-0.05, 0) is 12.1 Å². The normalized spacial score (nSPS) is 11.7. The first-order chi connectivity index (χ1) is 8.59.